The number of nitrogens with zero attached hydrogens (tertiary/aromatic N) is 5. The molecular formula is C35H44N7O12P. The van der Waals surface area contributed by atoms with Crippen molar-refractivity contribution in [2.75, 3.05) is 25.8 Å². The van der Waals surface area contributed by atoms with Crippen LogP contribution in [0.4, 0.5) is 5.82 Å². The van der Waals surface area contributed by atoms with Gasteiger partial charge in [0.25, 0.3) is 0 Å². The third-order valence-corrected chi connectivity index (χ3v) is 10.2. The maximum absolute atomic E-state index is 14.5. The number of carbonyl (C=O) groups excluding carboxylic acids is 5. The van der Waals surface area contributed by atoms with Crippen molar-refractivity contribution in [1.29, 1.82) is 0 Å². The molecule has 6 atom stereocenters. The Morgan fingerprint density at radius 2 is 1.60 bits per heavy atom. The van der Waals surface area contributed by atoms with Gasteiger partial charge in [0.1, 0.15) is 41.4 Å². The predicted molar refractivity (Wildman–Crippen MR) is 195 cm³/mol. The summed E-state index contributed by atoms with van der Waals surface area (Å²) in [4.78, 5) is 71.6. The summed E-state index contributed by atoms with van der Waals surface area (Å²) in [5.74, 6) is -2.65. The molecule has 1 saturated heterocycles. The lowest BCUT2D eigenvalue weighted by Crippen LogP contribution is -2.43. The molecule has 1 fully saturated rings. The molecule has 2 aromatic heterocycles. The first-order valence-corrected chi connectivity index (χ1v) is 19.0. The van der Waals surface area contributed by atoms with Crippen LogP contribution >= 0.6 is 7.75 Å². The molecule has 3 N–H and O–H groups in total. The highest BCUT2D eigenvalue weighted by Crippen LogP contribution is 2.47. The second-order valence-corrected chi connectivity index (χ2v) is 15.0. The molecule has 0 aliphatic carbocycles. The molecule has 2 aliphatic rings. The van der Waals surface area contributed by atoms with Crippen LogP contribution in [0.2, 0.25) is 0 Å². The zero-order valence-corrected chi connectivity index (χ0v) is 32.1. The minimum absolute atomic E-state index is 0.123. The van der Waals surface area contributed by atoms with Gasteiger partial charge in [0.15, 0.2) is 30.1 Å². The minimum atomic E-state index is -4.50. The third kappa shape index (κ3) is 9.72. The van der Waals surface area contributed by atoms with Crippen molar-refractivity contribution < 1.29 is 56.5 Å². The summed E-state index contributed by atoms with van der Waals surface area (Å²) in [5, 5.41) is 8.96. The molecule has 19 nitrogen and oxygen atoms in total. The zero-order valence-electron chi connectivity index (χ0n) is 31.2. The molecule has 1 aromatic carbocycles. The molecule has 20 heteroatoms. The molecular weight excluding hydrogens is 741 g/mol. The number of para-hydroxylation sites is 1. The number of benzene rings is 1. The number of hydrazone groups is 1. The lowest BCUT2D eigenvalue weighted by atomic mass is 10.1. The van der Waals surface area contributed by atoms with Gasteiger partial charge in [-0.3, -0.25) is 18.9 Å². The highest BCUT2D eigenvalue weighted by Gasteiger charge is 2.52. The quantitative estimate of drug-likeness (QED) is 0.107. The van der Waals surface area contributed by atoms with Crippen molar-refractivity contribution in [3.8, 4) is 5.75 Å². The lowest BCUT2D eigenvalue weighted by molar-refractivity contribution is -0.168. The molecule has 55 heavy (non-hydrogen) atoms. The predicted octanol–water partition coefficient (Wildman–Crippen LogP) is 2.95. The summed E-state index contributed by atoms with van der Waals surface area (Å²) in [5.41, 5.74) is 7.03. The first kappa shape index (κ1) is 40.9. The van der Waals surface area contributed by atoms with Crippen LogP contribution in [0.15, 0.2) is 48.0 Å². The molecule has 0 spiro atoms. The van der Waals surface area contributed by atoms with Crippen LogP contribution < -0.4 is 20.4 Å². The summed E-state index contributed by atoms with van der Waals surface area (Å²) in [6, 6.07) is 6.91. The first-order chi connectivity index (χ1) is 26.1. The van der Waals surface area contributed by atoms with Gasteiger partial charge in [-0.05, 0) is 31.9 Å². The highest BCUT2D eigenvalue weighted by molar-refractivity contribution is 7.52. The molecule has 4 heterocycles. The van der Waals surface area contributed by atoms with E-state index in [4.69, 9.17) is 33.7 Å². The molecule has 0 radical (unpaired) electrons. The van der Waals surface area contributed by atoms with Crippen molar-refractivity contribution in [3.05, 3.63) is 48.4 Å². The van der Waals surface area contributed by atoms with Crippen LogP contribution in [0.3, 0.4) is 0 Å². The lowest BCUT2D eigenvalue weighted by Gasteiger charge is -2.28. The van der Waals surface area contributed by atoms with E-state index in [-0.39, 0.29) is 48.8 Å². The van der Waals surface area contributed by atoms with Gasteiger partial charge in [-0.1, -0.05) is 32.0 Å². The normalized spacial score (nSPS) is 20.7. The molecule has 3 aromatic rings. The number of amidine groups is 1. The number of aromatic nitrogens is 3. The summed E-state index contributed by atoms with van der Waals surface area (Å²) in [6.45, 7) is 5.42. The molecule has 296 valence electrons. The maximum atomic E-state index is 14.5. The fourth-order valence-electron chi connectivity index (χ4n) is 5.93. The summed E-state index contributed by atoms with van der Waals surface area (Å²) < 4.78 is 51.1. The van der Waals surface area contributed by atoms with E-state index in [1.54, 1.807) is 45.3 Å². The fourth-order valence-corrected chi connectivity index (χ4v) is 7.60. The van der Waals surface area contributed by atoms with Crippen LogP contribution in [-0.2, 0) is 52.0 Å². The number of rotatable bonds is 18. The average Bonchev–Trinajstić information content (AvgIpc) is 3.69. The van der Waals surface area contributed by atoms with E-state index >= 15 is 0 Å². The number of hydrogen-bond acceptors (Lipinski definition) is 17. The number of esters is 3. The average molecular weight is 786 g/mol. The van der Waals surface area contributed by atoms with Crippen LogP contribution in [0, 0.1) is 5.92 Å². The van der Waals surface area contributed by atoms with E-state index in [0.29, 0.717) is 22.4 Å². The standard InChI is InChI=1S/C35H44N7O12P/c1-19(2)28(35(47)49-6)40-55(48,54-22-10-8-7-9-11-22)50-17-24-29(52-25(45)14-12-20(3)43)30(53-26(46)15-13-21(4)44)34(51-24)42-16-23-27-32(37-18-38-33(27)42)41(5)39-31(23)36/h7-11,16,18-19,24,28-30,34H,12-15,17H2,1-6H3,(H2,36,39)(H,40,48)/t24-,28?,29?,30+,34-,55?/m1/s1. The van der Waals surface area contributed by atoms with Gasteiger partial charge >= 0.3 is 25.7 Å². The SMILES string of the molecule is COC(=O)C(NP(=O)(OC[C@H]1O[C@@H](n2cc3c4c(ncnc42)N(C)N=C3N)[C@@H](OC(=O)CCC(C)=O)C1OC(=O)CCC(C)=O)Oc1ccccc1)C(C)C. The van der Waals surface area contributed by atoms with E-state index in [9.17, 15) is 28.5 Å². The Kier molecular flexibility index (Phi) is 13.0. The van der Waals surface area contributed by atoms with Gasteiger partial charge in [-0.25, -0.2) is 19.5 Å². The third-order valence-electron chi connectivity index (χ3n) is 8.68. The van der Waals surface area contributed by atoms with Crippen molar-refractivity contribution in [1.82, 2.24) is 19.6 Å². The second kappa shape index (κ2) is 17.5. The maximum Gasteiger partial charge on any atom is 0.459 e. The van der Waals surface area contributed by atoms with E-state index in [1.165, 1.54) is 49.0 Å². The van der Waals surface area contributed by atoms with E-state index in [0.717, 1.165) is 0 Å². The summed E-state index contributed by atoms with van der Waals surface area (Å²) in [6.07, 6.45) is -3.49. The second-order valence-electron chi connectivity index (χ2n) is 13.3. The number of ether oxygens (including phenoxy) is 4. The number of nitrogens with one attached hydrogen (secondary N) is 1. The molecule has 5 rings (SSSR count). The monoisotopic (exact) mass is 785 g/mol. The van der Waals surface area contributed by atoms with E-state index in [1.807, 2.05) is 0 Å². The van der Waals surface area contributed by atoms with Crippen LogP contribution in [0.5, 0.6) is 5.75 Å². The first-order valence-electron chi connectivity index (χ1n) is 17.4. The minimum Gasteiger partial charge on any atom is -0.468 e. The van der Waals surface area contributed by atoms with Gasteiger partial charge in [0, 0.05) is 31.6 Å². The number of anilines is 1. The van der Waals surface area contributed by atoms with Crippen molar-refractivity contribution in [2.45, 2.75) is 84.0 Å². The smallest absolute Gasteiger partial charge is 0.459 e. The Balaban J connectivity index is 1.57. The largest absolute Gasteiger partial charge is 0.468 e. The Labute approximate surface area is 316 Å². The van der Waals surface area contributed by atoms with Crippen LogP contribution in [0.1, 0.15) is 65.2 Å². The Morgan fingerprint density at radius 3 is 2.20 bits per heavy atom. The van der Waals surface area contributed by atoms with Gasteiger partial charge in [0.2, 0.25) is 0 Å². The van der Waals surface area contributed by atoms with Crippen molar-refractivity contribution in [3.63, 3.8) is 0 Å². The number of hydrogen-bond donors (Lipinski definition) is 2. The van der Waals surface area contributed by atoms with E-state index < -0.39 is 68.8 Å². The van der Waals surface area contributed by atoms with Gasteiger partial charge in [0.05, 0.1) is 31.9 Å². The Hall–Kier alpha value is -5.23. The number of methoxy groups -OCH3 is 1. The number of Topliss-reactive ketones (excluding diaryl/α,β-unsaturated/α-hetero) is 2. The zero-order chi connectivity index (χ0) is 40.0. The summed E-state index contributed by atoms with van der Waals surface area (Å²) >= 11 is 0. The number of nitrogens with two attached hydrogens (primary N) is 1. The van der Waals surface area contributed by atoms with Crippen LogP contribution in [0.25, 0.3) is 11.0 Å². The molecule has 0 amide bonds. The number of carbonyl (C=O) groups is 5. The summed E-state index contributed by atoms with van der Waals surface area (Å²) in [7, 11) is -1.66. The van der Waals surface area contributed by atoms with Crippen LogP contribution in [-0.4, -0.2) is 95.0 Å². The Bertz CT molecular complexity index is 2010. The van der Waals surface area contributed by atoms with Gasteiger partial charge in [-0.2, -0.15) is 10.2 Å². The molecule has 0 bridgehead atoms. The van der Waals surface area contributed by atoms with Crippen molar-refractivity contribution >= 4 is 59.9 Å². The molecule has 0 saturated carbocycles. The Morgan fingerprint density at radius 1 is 0.964 bits per heavy atom. The fraction of sp³-hybridized carbons (Fsp3) is 0.486. The number of ketones is 2. The highest BCUT2D eigenvalue weighted by atomic mass is 31.2. The van der Waals surface area contributed by atoms with Gasteiger partial charge < -0.3 is 43.4 Å². The van der Waals surface area contributed by atoms with Gasteiger partial charge in [-0.15, -0.1) is 0 Å². The van der Waals surface area contributed by atoms with Crippen molar-refractivity contribution in [2.24, 2.45) is 16.8 Å². The van der Waals surface area contributed by atoms with E-state index in [2.05, 4.69) is 20.2 Å². The topological polar surface area (TPSA) is 242 Å². The molecule has 2 aliphatic heterocycles. The molecule has 3 unspecified atom stereocenters.